The highest BCUT2D eigenvalue weighted by molar-refractivity contribution is 7.87. The van der Waals surface area contributed by atoms with Gasteiger partial charge >= 0.3 is 39.2 Å². The van der Waals surface area contributed by atoms with Crippen molar-refractivity contribution in [1.29, 1.82) is 0 Å². The summed E-state index contributed by atoms with van der Waals surface area (Å²) in [5.74, 6) is -14.0. The number of carbonyl (C=O) groups is 2. The van der Waals surface area contributed by atoms with Gasteiger partial charge in [-0.2, -0.15) is 39.2 Å². The topological polar surface area (TPSA) is 107 Å². The van der Waals surface area contributed by atoms with Crippen LogP contribution >= 0.6 is 0 Å². The lowest BCUT2D eigenvalue weighted by molar-refractivity contribution is -0.348. The standard InChI is InChI=1S/C19H19F7O7S/c1-11(2)15(28)33-17(18(22,23)24,14(27)10-13-6-4-12(3)5-7-13)32-9-8-16(20,21)19(25,26)34(29,30)31/h4-7H,1,8-10H2,2-3H3,(H,29,30,31). The minimum Gasteiger partial charge on any atom is -0.413 e. The Kier molecular flexibility index (Phi) is 8.68. The smallest absolute Gasteiger partial charge is 0.413 e. The lowest BCUT2D eigenvalue weighted by atomic mass is 10.0. The molecule has 0 saturated carbocycles. The van der Waals surface area contributed by atoms with Crippen molar-refractivity contribution in [3.05, 3.63) is 47.5 Å². The molecule has 34 heavy (non-hydrogen) atoms. The SMILES string of the molecule is C=C(C)C(=O)OC(OCCC(F)(F)C(F)(F)S(=O)(=O)O)(C(=O)Cc1ccc(C)cc1)C(F)(F)F. The number of carbonyl (C=O) groups excluding carboxylic acids is 2. The molecule has 1 atom stereocenters. The number of benzene rings is 1. The number of hydrogen-bond donors (Lipinski definition) is 1. The lowest BCUT2D eigenvalue weighted by Gasteiger charge is -2.34. The number of halogens is 7. The minimum atomic E-state index is -6.67. The van der Waals surface area contributed by atoms with E-state index in [0.29, 0.717) is 5.56 Å². The van der Waals surface area contributed by atoms with Crippen LogP contribution in [0.4, 0.5) is 30.7 Å². The Labute approximate surface area is 189 Å². The summed E-state index contributed by atoms with van der Waals surface area (Å²) in [4.78, 5) is 24.4. The quantitative estimate of drug-likeness (QED) is 0.153. The Hall–Kier alpha value is -2.52. The predicted molar refractivity (Wildman–Crippen MR) is 102 cm³/mol. The number of Topliss-reactive ketones (excluding diaryl/α,β-unsaturated/α-hetero) is 1. The molecule has 1 aromatic carbocycles. The van der Waals surface area contributed by atoms with Crippen LogP contribution in [0.15, 0.2) is 36.4 Å². The third-order valence-corrected chi connectivity index (χ3v) is 5.23. The maximum Gasteiger partial charge on any atom is 0.464 e. The second-order valence-electron chi connectivity index (χ2n) is 7.16. The predicted octanol–water partition coefficient (Wildman–Crippen LogP) is 4.01. The first kappa shape index (κ1) is 29.5. The fourth-order valence-corrected chi connectivity index (χ4v) is 2.83. The number of rotatable bonds is 11. The Balaban J connectivity index is 3.37. The van der Waals surface area contributed by atoms with Crippen LogP contribution in [0.3, 0.4) is 0 Å². The molecule has 7 nitrogen and oxygen atoms in total. The molecule has 0 aromatic heterocycles. The fourth-order valence-electron chi connectivity index (χ4n) is 2.35. The molecule has 0 aliphatic carbocycles. The number of hydrogen-bond acceptors (Lipinski definition) is 6. The van der Waals surface area contributed by atoms with Gasteiger partial charge in [0.1, 0.15) is 0 Å². The van der Waals surface area contributed by atoms with Gasteiger partial charge in [0.2, 0.25) is 5.78 Å². The van der Waals surface area contributed by atoms with E-state index in [0.717, 1.165) is 6.92 Å². The summed E-state index contributed by atoms with van der Waals surface area (Å²) in [6.07, 6.45) is -9.39. The first-order valence-electron chi connectivity index (χ1n) is 9.09. The zero-order valence-corrected chi connectivity index (χ0v) is 18.4. The van der Waals surface area contributed by atoms with Gasteiger partial charge in [-0.3, -0.25) is 9.35 Å². The van der Waals surface area contributed by atoms with Gasteiger partial charge in [0.15, 0.2) is 0 Å². The molecule has 0 saturated heterocycles. The molecule has 0 amide bonds. The van der Waals surface area contributed by atoms with Crippen molar-refractivity contribution in [2.24, 2.45) is 0 Å². The molecular formula is C19H19F7O7S. The summed E-state index contributed by atoms with van der Waals surface area (Å²) in [6, 6.07) is 5.35. The molecule has 1 unspecified atom stereocenters. The number of alkyl halides is 7. The first-order chi connectivity index (χ1) is 15.2. The van der Waals surface area contributed by atoms with Gasteiger partial charge in [-0.1, -0.05) is 36.4 Å². The molecule has 0 bridgehead atoms. The average Bonchev–Trinajstić information content (AvgIpc) is 2.66. The van der Waals surface area contributed by atoms with E-state index in [1.165, 1.54) is 24.3 Å². The van der Waals surface area contributed by atoms with Crippen molar-refractivity contribution >= 4 is 21.9 Å². The van der Waals surface area contributed by atoms with E-state index in [9.17, 15) is 48.7 Å². The Morgan fingerprint density at radius 3 is 1.94 bits per heavy atom. The molecule has 0 aliphatic heterocycles. The summed E-state index contributed by atoms with van der Waals surface area (Å²) in [6.45, 7) is 3.52. The van der Waals surface area contributed by atoms with E-state index in [1.54, 1.807) is 6.92 Å². The summed E-state index contributed by atoms with van der Waals surface area (Å²) in [5.41, 5.74) is -0.00345. The van der Waals surface area contributed by atoms with E-state index >= 15 is 0 Å². The normalized spacial score (nSPS) is 14.9. The van der Waals surface area contributed by atoms with Crippen LogP contribution in [0.2, 0.25) is 0 Å². The lowest BCUT2D eigenvalue weighted by Crippen LogP contribution is -2.58. The van der Waals surface area contributed by atoms with Gasteiger partial charge in [-0.05, 0) is 19.4 Å². The molecule has 0 aliphatic rings. The van der Waals surface area contributed by atoms with Crippen LogP contribution in [0, 0.1) is 6.92 Å². The van der Waals surface area contributed by atoms with E-state index in [2.05, 4.69) is 16.1 Å². The molecule has 0 radical (unpaired) electrons. The molecular weight excluding hydrogens is 505 g/mol. The van der Waals surface area contributed by atoms with Gasteiger partial charge in [-0.15, -0.1) is 0 Å². The van der Waals surface area contributed by atoms with Crippen LogP contribution in [0.5, 0.6) is 0 Å². The fraction of sp³-hybridized carbons (Fsp3) is 0.474. The number of ether oxygens (including phenoxy) is 2. The van der Waals surface area contributed by atoms with Gasteiger partial charge in [0.05, 0.1) is 6.61 Å². The molecule has 1 aromatic rings. The molecule has 1 N–H and O–H groups in total. The van der Waals surface area contributed by atoms with Gasteiger partial charge in [0, 0.05) is 18.4 Å². The Bertz CT molecular complexity index is 1030. The Morgan fingerprint density at radius 2 is 1.53 bits per heavy atom. The number of esters is 1. The van der Waals surface area contributed by atoms with Gasteiger partial charge in [-0.25, -0.2) is 4.79 Å². The van der Waals surface area contributed by atoms with Crippen LogP contribution in [0.1, 0.15) is 24.5 Å². The minimum absolute atomic E-state index is 0.0255. The number of ketones is 1. The molecule has 0 fully saturated rings. The highest BCUT2D eigenvalue weighted by Crippen LogP contribution is 2.42. The molecule has 192 valence electrons. The highest BCUT2D eigenvalue weighted by atomic mass is 32.2. The summed E-state index contributed by atoms with van der Waals surface area (Å²) in [7, 11) is -6.67. The average molecular weight is 524 g/mol. The van der Waals surface area contributed by atoms with Crippen molar-refractivity contribution in [3.63, 3.8) is 0 Å². The van der Waals surface area contributed by atoms with Gasteiger partial charge in [0.25, 0.3) is 0 Å². The van der Waals surface area contributed by atoms with Crippen molar-refractivity contribution < 1.29 is 62.8 Å². The molecule has 0 heterocycles. The third kappa shape index (κ3) is 6.33. The van der Waals surface area contributed by atoms with Crippen LogP contribution in [-0.4, -0.2) is 54.5 Å². The largest absolute Gasteiger partial charge is 0.464 e. The van der Waals surface area contributed by atoms with Crippen molar-refractivity contribution in [1.82, 2.24) is 0 Å². The first-order valence-corrected chi connectivity index (χ1v) is 10.5. The molecule has 15 heteroatoms. The van der Waals surface area contributed by atoms with E-state index < -0.39 is 70.0 Å². The van der Waals surface area contributed by atoms with Gasteiger partial charge < -0.3 is 9.47 Å². The van der Waals surface area contributed by atoms with Crippen molar-refractivity contribution in [2.75, 3.05) is 6.61 Å². The second-order valence-corrected chi connectivity index (χ2v) is 8.63. The van der Waals surface area contributed by atoms with Crippen LogP contribution in [-0.2, 0) is 35.6 Å². The second kappa shape index (κ2) is 10.00. The number of aryl methyl sites for hydroxylation is 1. The van der Waals surface area contributed by atoms with Crippen molar-refractivity contribution in [3.8, 4) is 0 Å². The highest BCUT2D eigenvalue weighted by Gasteiger charge is 2.68. The van der Waals surface area contributed by atoms with Crippen LogP contribution in [0.25, 0.3) is 0 Å². The van der Waals surface area contributed by atoms with E-state index in [1.807, 2.05) is 0 Å². The molecule has 0 spiro atoms. The zero-order valence-electron chi connectivity index (χ0n) is 17.6. The van der Waals surface area contributed by atoms with E-state index in [4.69, 9.17) is 4.55 Å². The summed E-state index contributed by atoms with van der Waals surface area (Å²) in [5, 5.41) is -6.09. The monoisotopic (exact) mass is 524 g/mol. The summed E-state index contributed by atoms with van der Waals surface area (Å²) < 4.78 is 134. The maximum atomic E-state index is 13.9. The van der Waals surface area contributed by atoms with Crippen molar-refractivity contribution in [2.45, 2.75) is 49.8 Å². The third-order valence-electron chi connectivity index (χ3n) is 4.28. The van der Waals surface area contributed by atoms with Crippen LogP contribution < -0.4 is 0 Å². The summed E-state index contributed by atoms with van der Waals surface area (Å²) >= 11 is 0. The Morgan fingerprint density at radius 1 is 1.03 bits per heavy atom. The van der Waals surface area contributed by atoms with E-state index in [-0.39, 0.29) is 5.56 Å². The molecule has 1 rings (SSSR count). The zero-order chi connectivity index (χ0) is 26.8. The maximum absolute atomic E-state index is 13.9.